The summed E-state index contributed by atoms with van der Waals surface area (Å²) in [5, 5.41) is 5.03. The summed E-state index contributed by atoms with van der Waals surface area (Å²) in [6.07, 6.45) is 0. The minimum Gasteiger partial charge on any atom is -0.346 e. The van der Waals surface area contributed by atoms with Crippen molar-refractivity contribution < 1.29 is 0 Å². The lowest BCUT2D eigenvalue weighted by atomic mass is 9.78. The molecule has 90 valence electrons. The van der Waals surface area contributed by atoms with Gasteiger partial charge in [-0.1, -0.05) is 32.0 Å². The minimum absolute atomic E-state index is 0.211. The van der Waals surface area contributed by atoms with Crippen molar-refractivity contribution in [3.63, 3.8) is 0 Å². The van der Waals surface area contributed by atoms with E-state index in [4.69, 9.17) is 0 Å². The fourth-order valence-corrected chi connectivity index (χ4v) is 3.22. The van der Waals surface area contributed by atoms with Crippen LogP contribution < -0.4 is 5.32 Å². The van der Waals surface area contributed by atoms with Gasteiger partial charge in [0.15, 0.2) is 0 Å². The maximum Gasteiger partial charge on any atom is 0.0483 e. The summed E-state index contributed by atoms with van der Waals surface area (Å²) in [6, 6.07) is 9.18. The quantitative estimate of drug-likeness (QED) is 0.733. The summed E-state index contributed by atoms with van der Waals surface area (Å²) in [7, 11) is 2.18. The lowest BCUT2D eigenvalue weighted by molar-refractivity contribution is 0.387. The number of hydrogen-bond acceptors (Lipinski definition) is 1. The van der Waals surface area contributed by atoms with Gasteiger partial charge in [-0.3, -0.25) is 0 Å². The van der Waals surface area contributed by atoms with Crippen LogP contribution in [0.25, 0.3) is 10.9 Å². The third-order valence-corrected chi connectivity index (χ3v) is 4.09. The Balaban J connectivity index is 2.45. The second-order valence-corrected chi connectivity index (χ2v) is 5.82. The zero-order chi connectivity index (χ0) is 12.2. The molecule has 0 spiro atoms. The molecule has 0 radical (unpaired) electrons. The summed E-state index contributed by atoms with van der Waals surface area (Å²) in [4.78, 5) is 0. The van der Waals surface area contributed by atoms with E-state index in [-0.39, 0.29) is 5.41 Å². The monoisotopic (exact) mass is 228 g/mol. The molecule has 0 bridgehead atoms. The number of nitrogens with zero attached hydrogens (tertiary/aromatic N) is 1. The van der Waals surface area contributed by atoms with Crippen LogP contribution in [0.4, 0.5) is 0 Å². The smallest absolute Gasteiger partial charge is 0.0483 e. The average molecular weight is 228 g/mol. The molecule has 0 aliphatic carbocycles. The maximum atomic E-state index is 3.61. The van der Waals surface area contributed by atoms with Gasteiger partial charge in [-0.15, -0.1) is 0 Å². The molecule has 2 nitrogen and oxygen atoms in total. The van der Waals surface area contributed by atoms with Crippen molar-refractivity contribution in [1.82, 2.24) is 9.88 Å². The summed E-state index contributed by atoms with van der Waals surface area (Å²) < 4.78 is 2.35. The van der Waals surface area contributed by atoms with Crippen molar-refractivity contribution in [1.29, 1.82) is 0 Å². The van der Waals surface area contributed by atoms with Crippen LogP contribution in [0.5, 0.6) is 0 Å². The van der Waals surface area contributed by atoms with Gasteiger partial charge in [0, 0.05) is 41.6 Å². The van der Waals surface area contributed by atoms with E-state index in [0.29, 0.717) is 6.04 Å². The molecule has 17 heavy (non-hydrogen) atoms. The number of hydrogen-bond donors (Lipinski definition) is 1. The number of aromatic nitrogens is 1. The number of para-hydroxylation sites is 1. The first-order chi connectivity index (χ1) is 8.02. The molecule has 1 unspecified atom stereocenters. The molecule has 3 rings (SSSR count). The van der Waals surface area contributed by atoms with Crippen LogP contribution in [-0.4, -0.2) is 11.1 Å². The van der Waals surface area contributed by atoms with E-state index in [1.165, 1.54) is 22.2 Å². The molecule has 1 aliphatic rings. The number of fused-ring (bicyclic) bond motifs is 3. The molecule has 0 saturated carbocycles. The molecule has 1 atom stereocenters. The maximum absolute atomic E-state index is 3.61. The number of aryl methyl sites for hydroxylation is 1. The van der Waals surface area contributed by atoms with Gasteiger partial charge < -0.3 is 9.88 Å². The lowest BCUT2D eigenvalue weighted by Crippen LogP contribution is -2.41. The highest BCUT2D eigenvalue weighted by Crippen LogP contribution is 2.40. The van der Waals surface area contributed by atoms with Crippen molar-refractivity contribution >= 4 is 10.9 Å². The van der Waals surface area contributed by atoms with Crippen LogP contribution in [0.15, 0.2) is 24.3 Å². The summed E-state index contributed by atoms with van der Waals surface area (Å²) in [6.45, 7) is 7.97. The molecule has 1 N–H and O–H groups in total. The van der Waals surface area contributed by atoms with Crippen LogP contribution in [0, 0.1) is 0 Å². The molecule has 2 heteroatoms. The predicted octanol–water partition coefficient (Wildman–Crippen LogP) is 3.12. The minimum atomic E-state index is 0.211. The number of rotatable bonds is 0. The molecule has 2 heterocycles. The van der Waals surface area contributed by atoms with Gasteiger partial charge in [0.2, 0.25) is 0 Å². The first-order valence-electron chi connectivity index (χ1n) is 6.33. The van der Waals surface area contributed by atoms with E-state index < -0.39 is 0 Å². The zero-order valence-electron chi connectivity index (χ0n) is 11.0. The van der Waals surface area contributed by atoms with E-state index in [9.17, 15) is 0 Å². The van der Waals surface area contributed by atoms with Crippen molar-refractivity contribution in [2.75, 3.05) is 6.54 Å². The Hall–Kier alpha value is -1.28. The van der Waals surface area contributed by atoms with Gasteiger partial charge >= 0.3 is 0 Å². The van der Waals surface area contributed by atoms with Gasteiger partial charge in [-0.25, -0.2) is 0 Å². The van der Waals surface area contributed by atoms with Gasteiger partial charge in [0.25, 0.3) is 0 Å². The van der Waals surface area contributed by atoms with E-state index in [2.05, 4.69) is 62.0 Å². The van der Waals surface area contributed by atoms with Crippen molar-refractivity contribution in [3.8, 4) is 0 Å². The summed E-state index contributed by atoms with van der Waals surface area (Å²) in [5.41, 5.74) is 4.54. The molecule has 1 aromatic heterocycles. The third kappa shape index (κ3) is 1.37. The summed E-state index contributed by atoms with van der Waals surface area (Å²) >= 11 is 0. The van der Waals surface area contributed by atoms with Crippen molar-refractivity contribution in [3.05, 3.63) is 35.5 Å². The Morgan fingerprint density at radius 1 is 1.29 bits per heavy atom. The standard InChI is InChI=1S/C15H20N2/c1-10-14-13(15(2,3)9-16-10)11-7-5-6-8-12(11)17(14)4/h5-8,10,16H,9H2,1-4H3. The molecule has 1 aromatic carbocycles. The highest BCUT2D eigenvalue weighted by molar-refractivity contribution is 5.87. The lowest BCUT2D eigenvalue weighted by Gasteiger charge is -2.35. The van der Waals surface area contributed by atoms with E-state index in [1.54, 1.807) is 0 Å². The van der Waals surface area contributed by atoms with Crippen LogP contribution >= 0.6 is 0 Å². The highest BCUT2D eigenvalue weighted by Gasteiger charge is 2.35. The third-order valence-electron chi connectivity index (χ3n) is 4.09. The predicted molar refractivity (Wildman–Crippen MR) is 72.4 cm³/mol. The fraction of sp³-hybridized carbons (Fsp3) is 0.467. The first kappa shape index (κ1) is 10.8. The Bertz CT molecular complexity index is 578. The molecule has 0 saturated heterocycles. The van der Waals surface area contributed by atoms with E-state index in [1.807, 2.05) is 0 Å². The van der Waals surface area contributed by atoms with E-state index in [0.717, 1.165) is 6.54 Å². The Kier molecular flexibility index (Phi) is 2.14. The number of nitrogens with one attached hydrogen (secondary N) is 1. The van der Waals surface area contributed by atoms with Crippen LogP contribution in [-0.2, 0) is 12.5 Å². The Labute approximate surface area is 103 Å². The molecular formula is C15H20N2. The Morgan fingerprint density at radius 2 is 2.00 bits per heavy atom. The fourth-order valence-electron chi connectivity index (χ4n) is 3.22. The summed E-state index contributed by atoms with van der Waals surface area (Å²) in [5.74, 6) is 0. The molecule has 2 aromatic rings. The van der Waals surface area contributed by atoms with Gasteiger partial charge in [-0.2, -0.15) is 0 Å². The van der Waals surface area contributed by atoms with Crippen LogP contribution in [0.3, 0.4) is 0 Å². The normalized spacial score (nSPS) is 22.7. The molecule has 0 fully saturated rings. The van der Waals surface area contributed by atoms with Gasteiger partial charge in [-0.05, 0) is 18.6 Å². The SMILES string of the molecule is CC1NCC(C)(C)c2c1n(C)c1ccccc21. The van der Waals surface area contributed by atoms with Crippen LogP contribution in [0.1, 0.15) is 38.1 Å². The number of benzene rings is 1. The largest absolute Gasteiger partial charge is 0.346 e. The highest BCUT2D eigenvalue weighted by atomic mass is 15.0. The molecule has 0 amide bonds. The second-order valence-electron chi connectivity index (χ2n) is 5.82. The zero-order valence-corrected chi connectivity index (χ0v) is 11.0. The van der Waals surface area contributed by atoms with E-state index >= 15 is 0 Å². The van der Waals surface area contributed by atoms with Crippen molar-refractivity contribution in [2.24, 2.45) is 7.05 Å². The average Bonchev–Trinajstić information content (AvgIpc) is 2.61. The molecular weight excluding hydrogens is 208 g/mol. The molecule has 1 aliphatic heterocycles. The van der Waals surface area contributed by atoms with Gasteiger partial charge in [0.1, 0.15) is 0 Å². The van der Waals surface area contributed by atoms with Crippen LogP contribution in [0.2, 0.25) is 0 Å². The first-order valence-corrected chi connectivity index (χ1v) is 6.33. The Morgan fingerprint density at radius 3 is 2.76 bits per heavy atom. The van der Waals surface area contributed by atoms with Gasteiger partial charge in [0.05, 0.1) is 0 Å². The second kappa shape index (κ2) is 3.36. The van der Waals surface area contributed by atoms with Crippen molar-refractivity contribution in [2.45, 2.75) is 32.2 Å². The topological polar surface area (TPSA) is 17.0 Å².